The molecule has 0 radical (unpaired) electrons. The van der Waals surface area contributed by atoms with E-state index in [1.165, 1.54) is 17.3 Å². The number of benzene rings is 2. The highest BCUT2D eigenvalue weighted by Crippen LogP contribution is 2.26. The summed E-state index contributed by atoms with van der Waals surface area (Å²) in [6, 6.07) is 20.4. The fourth-order valence-corrected chi connectivity index (χ4v) is 4.08. The van der Waals surface area contributed by atoms with Crippen molar-refractivity contribution in [2.45, 2.75) is 44.4 Å². The molecule has 0 unspecified atom stereocenters. The van der Waals surface area contributed by atoms with Crippen LogP contribution in [0.15, 0.2) is 64.2 Å². The first-order chi connectivity index (χ1) is 15.3. The molecule has 2 aromatic carbocycles. The normalized spacial score (nSPS) is 12.9. The van der Waals surface area contributed by atoms with Gasteiger partial charge in [-0.25, -0.2) is 0 Å². The second kappa shape index (κ2) is 10.8. The van der Waals surface area contributed by atoms with E-state index >= 15 is 0 Å². The fraction of sp³-hybridized carbons (Fsp3) is 0.333. The Morgan fingerprint density at radius 1 is 1.19 bits per heavy atom. The molecule has 1 N–H and O–H groups in total. The molecule has 1 atom stereocenters. The van der Waals surface area contributed by atoms with Gasteiger partial charge in [0.25, 0.3) is 0 Å². The minimum atomic E-state index is -0.902. The summed E-state index contributed by atoms with van der Waals surface area (Å²) in [5.41, 5.74) is 1.28. The smallest absolute Gasteiger partial charge is 0.231 e. The summed E-state index contributed by atoms with van der Waals surface area (Å²) in [6.45, 7) is 6.27. The average Bonchev–Trinajstić information content (AvgIpc) is 3.20. The standard InChI is InChI=1S/C24H26BrN5OS/c1-17(2)24(3,16-26)27-21(31)15-32-23-29-28-22(19-9-11-20(25)12-10-19)30(23)14-13-18-7-5-4-6-8-18/h4-12,17H,13-15H2,1-3H3,(H,27,31)/t24-/m1/s1. The van der Waals surface area contributed by atoms with Gasteiger partial charge in [0.1, 0.15) is 5.54 Å². The van der Waals surface area contributed by atoms with Gasteiger partial charge in [-0.15, -0.1) is 10.2 Å². The Morgan fingerprint density at radius 3 is 2.50 bits per heavy atom. The lowest BCUT2D eigenvalue weighted by Gasteiger charge is -2.27. The molecule has 3 aromatic rings. The fourth-order valence-electron chi connectivity index (χ4n) is 3.05. The first kappa shape index (κ1) is 24.0. The molecule has 1 heterocycles. The molecule has 3 rings (SSSR count). The first-order valence-electron chi connectivity index (χ1n) is 10.4. The lowest BCUT2D eigenvalue weighted by atomic mass is 9.90. The monoisotopic (exact) mass is 511 g/mol. The van der Waals surface area contributed by atoms with Crippen molar-refractivity contribution in [2.75, 3.05) is 5.75 Å². The van der Waals surface area contributed by atoms with Crippen molar-refractivity contribution in [3.8, 4) is 17.5 Å². The molecule has 0 spiro atoms. The van der Waals surface area contributed by atoms with Crippen molar-refractivity contribution in [1.29, 1.82) is 5.26 Å². The number of thioether (sulfide) groups is 1. The molecule has 0 aliphatic carbocycles. The molecular formula is C24H26BrN5OS. The number of amides is 1. The number of carbonyl (C=O) groups is 1. The summed E-state index contributed by atoms with van der Waals surface area (Å²) in [7, 11) is 0. The number of nitrogens with one attached hydrogen (secondary N) is 1. The van der Waals surface area contributed by atoms with Crippen molar-refractivity contribution < 1.29 is 4.79 Å². The van der Waals surface area contributed by atoms with Crippen LogP contribution >= 0.6 is 27.7 Å². The van der Waals surface area contributed by atoms with Gasteiger partial charge in [0, 0.05) is 16.6 Å². The minimum Gasteiger partial charge on any atom is -0.337 e. The van der Waals surface area contributed by atoms with Crippen LogP contribution in [0.25, 0.3) is 11.4 Å². The Bertz CT molecular complexity index is 1090. The highest BCUT2D eigenvalue weighted by atomic mass is 79.9. The van der Waals surface area contributed by atoms with Gasteiger partial charge < -0.3 is 9.88 Å². The van der Waals surface area contributed by atoms with Gasteiger partial charge in [-0.05, 0) is 37.0 Å². The third-order valence-corrected chi connectivity index (χ3v) is 6.90. The third kappa shape index (κ3) is 5.99. The predicted octanol–water partition coefficient (Wildman–Crippen LogP) is 5.10. The maximum Gasteiger partial charge on any atom is 0.231 e. The lowest BCUT2D eigenvalue weighted by Crippen LogP contribution is -2.49. The number of aromatic nitrogens is 3. The molecule has 0 saturated heterocycles. The number of halogens is 1. The first-order valence-corrected chi connectivity index (χ1v) is 12.2. The maximum absolute atomic E-state index is 12.6. The molecule has 0 saturated carbocycles. The molecule has 6 nitrogen and oxygen atoms in total. The van der Waals surface area contributed by atoms with Gasteiger partial charge in [-0.2, -0.15) is 5.26 Å². The van der Waals surface area contributed by atoms with Crippen molar-refractivity contribution in [3.63, 3.8) is 0 Å². The van der Waals surface area contributed by atoms with E-state index in [4.69, 9.17) is 0 Å². The van der Waals surface area contributed by atoms with Gasteiger partial charge in [-0.3, -0.25) is 4.79 Å². The summed E-state index contributed by atoms with van der Waals surface area (Å²) in [4.78, 5) is 12.6. The van der Waals surface area contributed by atoms with E-state index < -0.39 is 5.54 Å². The number of rotatable bonds is 9. The molecule has 166 valence electrons. The molecule has 8 heteroatoms. The highest BCUT2D eigenvalue weighted by Gasteiger charge is 2.30. The second-order valence-electron chi connectivity index (χ2n) is 8.01. The zero-order chi connectivity index (χ0) is 23.1. The van der Waals surface area contributed by atoms with Gasteiger partial charge in [0.05, 0.1) is 11.8 Å². The van der Waals surface area contributed by atoms with Gasteiger partial charge in [0.2, 0.25) is 5.91 Å². The quantitative estimate of drug-likeness (QED) is 0.404. The molecular weight excluding hydrogens is 486 g/mol. The summed E-state index contributed by atoms with van der Waals surface area (Å²) >= 11 is 4.80. The number of hydrogen-bond donors (Lipinski definition) is 1. The Labute approximate surface area is 201 Å². The zero-order valence-corrected chi connectivity index (χ0v) is 20.8. The van der Waals surface area contributed by atoms with Gasteiger partial charge in [-0.1, -0.05) is 84.0 Å². The molecule has 0 fully saturated rings. The SMILES string of the molecule is CC(C)[C@@](C)(C#N)NC(=O)CSc1nnc(-c2ccc(Br)cc2)n1CCc1ccccc1. The summed E-state index contributed by atoms with van der Waals surface area (Å²) in [5, 5.41) is 21.8. The summed E-state index contributed by atoms with van der Waals surface area (Å²) < 4.78 is 3.05. The van der Waals surface area contributed by atoms with Crippen LogP contribution in [0.2, 0.25) is 0 Å². The Hall–Kier alpha value is -2.63. The van der Waals surface area contributed by atoms with Crippen LogP contribution in [0.1, 0.15) is 26.3 Å². The van der Waals surface area contributed by atoms with E-state index in [0.29, 0.717) is 11.7 Å². The average molecular weight is 512 g/mol. The van der Waals surface area contributed by atoms with E-state index in [2.05, 4.69) is 54.2 Å². The second-order valence-corrected chi connectivity index (χ2v) is 9.86. The van der Waals surface area contributed by atoms with Crippen LogP contribution in [-0.2, 0) is 17.8 Å². The van der Waals surface area contributed by atoms with Crippen LogP contribution in [0, 0.1) is 17.2 Å². The van der Waals surface area contributed by atoms with Crippen LogP contribution < -0.4 is 5.32 Å². The number of hydrogen-bond acceptors (Lipinski definition) is 5. The molecule has 0 bridgehead atoms. The lowest BCUT2D eigenvalue weighted by molar-refractivity contribution is -0.120. The van der Waals surface area contributed by atoms with Crippen molar-refractivity contribution in [2.24, 2.45) is 5.92 Å². The molecule has 1 aromatic heterocycles. The van der Waals surface area contributed by atoms with Crippen LogP contribution in [0.3, 0.4) is 0 Å². The van der Waals surface area contributed by atoms with E-state index in [9.17, 15) is 10.1 Å². The highest BCUT2D eigenvalue weighted by molar-refractivity contribution is 9.10. The Kier molecular flexibility index (Phi) is 8.10. The number of nitrogens with zero attached hydrogens (tertiary/aromatic N) is 4. The largest absolute Gasteiger partial charge is 0.337 e. The molecule has 1 amide bonds. The zero-order valence-electron chi connectivity index (χ0n) is 18.4. The molecule has 0 aliphatic rings. The van der Waals surface area contributed by atoms with Crippen LogP contribution in [0.4, 0.5) is 0 Å². The third-order valence-electron chi connectivity index (χ3n) is 5.40. The maximum atomic E-state index is 12.6. The summed E-state index contributed by atoms with van der Waals surface area (Å²) in [5.74, 6) is 0.726. The van der Waals surface area contributed by atoms with Crippen LogP contribution in [-0.4, -0.2) is 32.0 Å². The predicted molar refractivity (Wildman–Crippen MR) is 131 cm³/mol. The topological polar surface area (TPSA) is 83.6 Å². The Morgan fingerprint density at radius 2 is 1.88 bits per heavy atom. The molecule has 0 aliphatic heterocycles. The number of carbonyl (C=O) groups excluding carboxylic acids is 1. The van der Waals surface area contributed by atoms with Crippen molar-refractivity contribution in [3.05, 3.63) is 64.6 Å². The van der Waals surface area contributed by atoms with Gasteiger partial charge >= 0.3 is 0 Å². The molecule has 32 heavy (non-hydrogen) atoms. The van der Waals surface area contributed by atoms with Crippen molar-refractivity contribution >= 4 is 33.6 Å². The number of aryl methyl sites for hydroxylation is 1. The Balaban J connectivity index is 1.79. The van der Waals surface area contributed by atoms with E-state index in [1.54, 1.807) is 6.92 Å². The van der Waals surface area contributed by atoms with Crippen LogP contribution in [0.5, 0.6) is 0 Å². The number of nitriles is 1. The van der Waals surface area contributed by atoms with Crippen molar-refractivity contribution in [1.82, 2.24) is 20.1 Å². The van der Waals surface area contributed by atoms with Gasteiger partial charge in [0.15, 0.2) is 11.0 Å². The summed E-state index contributed by atoms with van der Waals surface area (Å²) in [6.07, 6.45) is 0.821. The minimum absolute atomic E-state index is 0.0000161. The van der Waals surface area contributed by atoms with E-state index in [1.807, 2.05) is 56.3 Å². The van der Waals surface area contributed by atoms with E-state index in [0.717, 1.165) is 22.3 Å². The van der Waals surface area contributed by atoms with E-state index in [-0.39, 0.29) is 17.6 Å².